The second-order valence-corrected chi connectivity index (χ2v) is 5.76. The zero-order valence-electron chi connectivity index (χ0n) is 10.1. The molecule has 0 saturated carbocycles. The summed E-state index contributed by atoms with van der Waals surface area (Å²) < 4.78 is 1.70. The minimum absolute atomic E-state index is 0.720. The van der Waals surface area contributed by atoms with Crippen LogP contribution in [0.4, 0.5) is 0 Å². The van der Waals surface area contributed by atoms with Crippen LogP contribution in [0, 0.1) is 11.3 Å². The van der Waals surface area contributed by atoms with E-state index in [0.29, 0.717) is 0 Å². The Morgan fingerprint density at radius 3 is 2.78 bits per heavy atom. The van der Waals surface area contributed by atoms with Crippen LogP contribution in [0.5, 0.6) is 0 Å². The second kappa shape index (κ2) is 5.94. The highest BCUT2D eigenvalue weighted by Crippen LogP contribution is 2.33. The molecular formula is C12H12N4S2. The quantitative estimate of drug-likeness (QED) is 0.804. The van der Waals surface area contributed by atoms with Gasteiger partial charge in [0.15, 0.2) is 5.16 Å². The van der Waals surface area contributed by atoms with Gasteiger partial charge in [-0.3, -0.25) is 0 Å². The van der Waals surface area contributed by atoms with Crippen molar-refractivity contribution >= 4 is 23.5 Å². The molecule has 1 heterocycles. The fourth-order valence-corrected chi connectivity index (χ4v) is 3.19. The van der Waals surface area contributed by atoms with Crippen LogP contribution in [0.1, 0.15) is 12.5 Å². The van der Waals surface area contributed by atoms with Gasteiger partial charge in [-0.25, -0.2) is 9.67 Å². The number of nitrogens with zero attached hydrogens (tertiary/aromatic N) is 4. The molecule has 0 aliphatic heterocycles. The lowest BCUT2D eigenvalue weighted by Gasteiger charge is -2.07. The van der Waals surface area contributed by atoms with Gasteiger partial charge >= 0.3 is 0 Å². The van der Waals surface area contributed by atoms with Crippen molar-refractivity contribution in [1.82, 2.24) is 14.8 Å². The van der Waals surface area contributed by atoms with Crippen LogP contribution in [-0.4, -0.2) is 20.5 Å². The molecule has 0 radical (unpaired) electrons. The summed E-state index contributed by atoms with van der Waals surface area (Å²) in [5, 5.41) is 14.1. The van der Waals surface area contributed by atoms with Crippen LogP contribution >= 0.6 is 23.5 Å². The zero-order chi connectivity index (χ0) is 13.0. The van der Waals surface area contributed by atoms with Gasteiger partial charge < -0.3 is 0 Å². The van der Waals surface area contributed by atoms with Crippen molar-refractivity contribution in [3.63, 3.8) is 0 Å². The zero-order valence-corrected chi connectivity index (χ0v) is 11.8. The number of hydrogen-bond acceptors (Lipinski definition) is 5. The van der Waals surface area contributed by atoms with E-state index < -0.39 is 0 Å². The summed E-state index contributed by atoms with van der Waals surface area (Å²) in [6, 6.07) is 8.17. The number of nitriles is 1. The molecule has 18 heavy (non-hydrogen) atoms. The second-order valence-electron chi connectivity index (χ2n) is 3.44. The van der Waals surface area contributed by atoms with Crippen molar-refractivity contribution in [3.8, 4) is 6.07 Å². The molecule has 4 nitrogen and oxygen atoms in total. The predicted octanol–water partition coefficient (Wildman–Crippen LogP) is 2.95. The van der Waals surface area contributed by atoms with Crippen LogP contribution in [0.25, 0.3) is 0 Å². The Labute approximate surface area is 114 Å². The first kappa shape index (κ1) is 13.0. The molecular weight excluding hydrogens is 264 g/mol. The average molecular weight is 276 g/mol. The summed E-state index contributed by atoms with van der Waals surface area (Å²) in [6.45, 7) is 2.08. The van der Waals surface area contributed by atoms with Crippen LogP contribution in [-0.2, 0) is 7.05 Å². The maximum absolute atomic E-state index is 9.30. The summed E-state index contributed by atoms with van der Waals surface area (Å²) in [6.07, 6.45) is 1.51. The molecule has 0 amide bonds. The van der Waals surface area contributed by atoms with Gasteiger partial charge in [-0.15, -0.1) is 11.8 Å². The van der Waals surface area contributed by atoms with Gasteiger partial charge in [-0.1, -0.05) is 13.0 Å². The molecule has 0 atom stereocenters. The highest BCUT2D eigenvalue weighted by Gasteiger charge is 2.11. The molecule has 0 aliphatic carbocycles. The van der Waals surface area contributed by atoms with Gasteiger partial charge in [0.2, 0.25) is 0 Å². The summed E-state index contributed by atoms with van der Waals surface area (Å²) in [7, 11) is 1.84. The minimum atomic E-state index is 0.720. The fraction of sp³-hybridized carbons (Fsp3) is 0.250. The first-order chi connectivity index (χ1) is 8.76. The molecule has 1 aromatic heterocycles. The Kier molecular flexibility index (Phi) is 4.28. The molecule has 1 aromatic carbocycles. The van der Waals surface area contributed by atoms with E-state index in [2.05, 4.69) is 23.1 Å². The normalized spacial score (nSPS) is 10.3. The highest BCUT2D eigenvalue weighted by atomic mass is 32.2. The Hall–Kier alpha value is -1.45. The Bertz CT molecular complexity index is 586. The molecule has 0 spiro atoms. The topological polar surface area (TPSA) is 54.5 Å². The number of thioether (sulfide) groups is 1. The summed E-state index contributed by atoms with van der Waals surface area (Å²) in [4.78, 5) is 6.10. The molecule has 0 aliphatic rings. The standard InChI is InChI=1S/C12H12N4S2/c1-3-17-10-5-4-6-11(9(10)7-13)18-12-14-8-15-16(12)2/h4-6,8H,3H2,1-2H3. The van der Waals surface area contributed by atoms with Crippen molar-refractivity contribution in [2.24, 2.45) is 7.05 Å². The molecule has 0 bridgehead atoms. The molecule has 92 valence electrons. The number of hydrogen-bond donors (Lipinski definition) is 0. The number of aromatic nitrogens is 3. The first-order valence-corrected chi connectivity index (χ1v) is 7.24. The van der Waals surface area contributed by atoms with Crippen LogP contribution in [0.3, 0.4) is 0 Å². The van der Waals surface area contributed by atoms with E-state index in [4.69, 9.17) is 0 Å². The fourth-order valence-electron chi connectivity index (χ4n) is 1.46. The Morgan fingerprint density at radius 2 is 2.17 bits per heavy atom. The molecule has 0 unspecified atom stereocenters. The van der Waals surface area contributed by atoms with Crippen LogP contribution in [0.2, 0.25) is 0 Å². The first-order valence-electron chi connectivity index (χ1n) is 5.44. The molecule has 0 fully saturated rings. The van der Waals surface area contributed by atoms with Crippen LogP contribution in [0.15, 0.2) is 39.5 Å². The third kappa shape index (κ3) is 2.68. The summed E-state index contributed by atoms with van der Waals surface area (Å²) in [5.41, 5.74) is 0.720. The lowest BCUT2D eigenvalue weighted by atomic mass is 10.2. The van der Waals surface area contributed by atoms with Crippen molar-refractivity contribution in [3.05, 3.63) is 30.1 Å². The van der Waals surface area contributed by atoms with Gasteiger partial charge in [0, 0.05) is 16.8 Å². The van der Waals surface area contributed by atoms with Gasteiger partial charge in [-0.05, 0) is 29.6 Å². The molecule has 2 aromatic rings. The largest absolute Gasteiger partial charge is 0.244 e. The smallest absolute Gasteiger partial charge is 0.190 e. The lowest BCUT2D eigenvalue weighted by molar-refractivity contribution is 0.685. The van der Waals surface area contributed by atoms with E-state index in [-0.39, 0.29) is 0 Å². The van der Waals surface area contributed by atoms with E-state index in [0.717, 1.165) is 26.3 Å². The van der Waals surface area contributed by atoms with E-state index in [9.17, 15) is 5.26 Å². The van der Waals surface area contributed by atoms with Gasteiger partial charge in [0.1, 0.15) is 12.4 Å². The number of benzene rings is 1. The average Bonchev–Trinajstić information content (AvgIpc) is 2.76. The van der Waals surface area contributed by atoms with Gasteiger partial charge in [0.05, 0.1) is 5.56 Å². The Morgan fingerprint density at radius 1 is 1.39 bits per heavy atom. The molecule has 0 N–H and O–H groups in total. The van der Waals surface area contributed by atoms with E-state index >= 15 is 0 Å². The van der Waals surface area contributed by atoms with E-state index in [1.54, 1.807) is 16.4 Å². The summed E-state index contributed by atoms with van der Waals surface area (Å²) >= 11 is 3.14. The maximum atomic E-state index is 9.30. The van der Waals surface area contributed by atoms with E-state index in [1.165, 1.54) is 18.1 Å². The number of rotatable bonds is 4. The van der Waals surface area contributed by atoms with Crippen molar-refractivity contribution in [1.29, 1.82) is 5.26 Å². The monoisotopic (exact) mass is 276 g/mol. The molecule has 0 saturated heterocycles. The third-order valence-corrected chi connectivity index (χ3v) is 4.32. The van der Waals surface area contributed by atoms with Crippen molar-refractivity contribution in [2.45, 2.75) is 21.9 Å². The van der Waals surface area contributed by atoms with Gasteiger partial charge in [-0.2, -0.15) is 10.4 Å². The predicted molar refractivity (Wildman–Crippen MR) is 72.7 cm³/mol. The summed E-state index contributed by atoms with van der Waals surface area (Å²) in [5.74, 6) is 0.951. The van der Waals surface area contributed by atoms with Crippen LogP contribution < -0.4 is 0 Å². The Balaban J connectivity index is 2.36. The molecule has 6 heteroatoms. The maximum Gasteiger partial charge on any atom is 0.190 e. The SMILES string of the molecule is CCSc1cccc(Sc2ncnn2C)c1C#N. The molecule has 2 rings (SSSR count). The minimum Gasteiger partial charge on any atom is -0.244 e. The van der Waals surface area contributed by atoms with Gasteiger partial charge in [0.25, 0.3) is 0 Å². The number of aryl methyl sites for hydroxylation is 1. The van der Waals surface area contributed by atoms with E-state index in [1.807, 2.05) is 25.2 Å². The van der Waals surface area contributed by atoms with Crippen molar-refractivity contribution in [2.75, 3.05) is 5.75 Å². The third-order valence-electron chi connectivity index (χ3n) is 2.27. The lowest BCUT2D eigenvalue weighted by Crippen LogP contribution is -1.94. The highest BCUT2D eigenvalue weighted by molar-refractivity contribution is 8.00. The van der Waals surface area contributed by atoms with Crippen molar-refractivity contribution < 1.29 is 0 Å².